The fraction of sp³-hybridized carbons (Fsp3) is 0.111. The highest BCUT2D eigenvalue weighted by Crippen LogP contribution is 2.15. The number of pyridine rings is 1. The number of aromatic amines is 1. The van der Waals surface area contributed by atoms with Gasteiger partial charge in [-0.15, -0.1) is 0 Å². The first-order valence-electron chi connectivity index (χ1n) is 4.70. The van der Waals surface area contributed by atoms with Crippen LogP contribution in [0.1, 0.15) is 16.2 Å². The zero-order valence-corrected chi connectivity index (χ0v) is 9.40. The number of nitrogens with zero attached hydrogens (tertiary/aromatic N) is 3. The van der Waals surface area contributed by atoms with Gasteiger partial charge in [-0.3, -0.25) is 9.89 Å². The van der Waals surface area contributed by atoms with E-state index in [0.717, 1.165) is 0 Å². The molecule has 0 spiro atoms. The van der Waals surface area contributed by atoms with E-state index >= 15 is 0 Å². The van der Waals surface area contributed by atoms with Gasteiger partial charge in [0.25, 0.3) is 5.91 Å². The molecule has 1 amide bonds. The normalized spacial score (nSPS) is 10.2. The molecule has 0 unspecified atom stereocenters. The van der Waals surface area contributed by atoms with Crippen molar-refractivity contribution in [3.8, 4) is 0 Å². The number of H-pyrrole nitrogens is 1. The molecule has 4 N–H and O–H groups in total. The highest BCUT2D eigenvalue weighted by Gasteiger charge is 2.11. The van der Waals surface area contributed by atoms with E-state index in [4.69, 9.17) is 17.3 Å². The molecular formula is C9H9ClN6O. The summed E-state index contributed by atoms with van der Waals surface area (Å²) >= 11 is 5.79. The van der Waals surface area contributed by atoms with Crippen molar-refractivity contribution in [1.29, 1.82) is 0 Å². The first-order valence-corrected chi connectivity index (χ1v) is 5.08. The van der Waals surface area contributed by atoms with Crippen LogP contribution in [-0.4, -0.2) is 26.1 Å². The molecule has 0 saturated heterocycles. The van der Waals surface area contributed by atoms with Crippen molar-refractivity contribution in [2.45, 2.75) is 6.54 Å². The van der Waals surface area contributed by atoms with Crippen molar-refractivity contribution >= 4 is 23.2 Å². The first kappa shape index (κ1) is 11.3. The number of nitrogen functional groups attached to an aromatic ring is 1. The summed E-state index contributed by atoms with van der Waals surface area (Å²) in [5.74, 6) is 0.178. The number of rotatable bonds is 3. The summed E-state index contributed by atoms with van der Waals surface area (Å²) in [4.78, 5) is 19.4. The SMILES string of the molecule is Nc1cnc(Cl)c(C(=O)NCc2ncn[nH]2)c1. The number of aromatic nitrogens is 4. The van der Waals surface area contributed by atoms with Gasteiger partial charge in [-0.2, -0.15) is 5.10 Å². The van der Waals surface area contributed by atoms with Crippen LogP contribution in [0.3, 0.4) is 0 Å². The largest absolute Gasteiger partial charge is 0.397 e. The number of anilines is 1. The highest BCUT2D eigenvalue weighted by molar-refractivity contribution is 6.32. The molecule has 0 bridgehead atoms. The molecule has 0 aliphatic heterocycles. The Morgan fingerprint density at radius 1 is 1.53 bits per heavy atom. The van der Waals surface area contributed by atoms with E-state index in [0.29, 0.717) is 11.5 Å². The van der Waals surface area contributed by atoms with E-state index in [9.17, 15) is 4.79 Å². The van der Waals surface area contributed by atoms with E-state index in [1.54, 1.807) is 0 Å². The molecule has 0 fully saturated rings. The fourth-order valence-electron chi connectivity index (χ4n) is 1.20. The predicted octanol–water partition coefficient (Wildman–Crippen LogP) is 0.365. The average molecular weight is 253 g/mol. The third-order valence-corrected chi connectivity index (χ3v) is 2.29. The van der Waals surface area contributed by atoms with Crippen LogP contribution >= 0.6 is 11.6 Å². The smallest absolute Gasteiger partial charge is 0.254 e. The van der Waals surface area contributed by atoms with Gasteiger partial charge in [-0.25, -0.2) is 9.97 Å². The van der Waals surface area contributed by atoms with Gasteiger partial charge in [0.1, 0.15) is 17.3 Å². The van der Waals surface area contributed by atoms with E-state index in [-0.39, 0.29) is 23.2 Å². The molecule has 2 heterocycles. The number of halogens is 1. The van der Waals surface area contributed by atoms with E-state index < -0.39 is 0 Å². The Balaban J connectivity index is 2.07. The van der Waals surface area contributed by atoms with Crippen LogP contribution in [-0.2, 0) is 6.54 Å². The Hall–Kier alpha value is -2.15. The summed E-state index contributed by atoms with van der Waals surface area (Å²) in [6, 6.07) is 1.46. The first-order chi connectivity index (χ1) is 8.16. The summed E-state index contributed by atoms with van der Waals surface area (Å²) in [7, 11) is 0. The van der Waals surface area contributed by atoms with E-state index in [1.165, 1.54) is 18.6 Å². The Labute approximate surface area is 101 Å². The molecule has 0 atom stereocenters. The second-order valence-electron chi connectivity index (χ2n) is 3.22. The minimum absolute atomic E-state index is 0.106. The standard InChI is InChI=1S/C9H9ClN6O/c10-8-6(1-5(11)2-12-8)9(17)13-3-7-14-4-15-16-7/h1-2,4H,3,11H2,(H,13,17)(H,14,15,16). The van der Waals surface area contributed by atoms with E-state index in [1.807, 2.05) is 0 Å². The maximum absolute atomic E-state index is 11.8. The maximum atomic E-state index is 11.8. The lowest BCUT2D eigenvalue weighted by atomic mass is 10.2. The third kappa shape index (κ3) is 2.70. The minimum atomic E-state index is -0.369. The molecule has 2 aromatic heterocycles. The molecule has 0 saturated carbocycles. The Morgan fingerprint density at radius 2 is 2.35 bits per heavy atom. The summed E-state index contributed by atoms with van der Waals surface area (Å²) in [5, 5.41) is 9.00. The molecule has 0 radical (unpaired) electrons. The number of carbonyl (C=O) groups is 1. The molecule has 0 aliphatic rings. The Morgan fingerprint density at radius 3 is 3.06 bits per heavy atom. The van der Waals surface area contributed by atoms with Gasteiger partial charge in [0.2, 0.25) is 0 Å². The maximum Gasteiger partial charge on any atom is 0.254 e. The van der Waals surface area contributed by atoms with Crippen LogP contribution in [0, 0.1) is 0 Å². The molecule has 0 aliphatic carbocycles. The summed E-state index contributed by atoms with van der Waals surface area (Å²) in [6.07, 6.45) is 2.74. The van der Waals surface area contributed by atoms with Crippen LogP contribution in [0.4, 0.5) is 5.69 Å². The lowest BCUT2D eigenvalue weighted by Gasteiger charge is -2.05. The molecule has 0 aromatic carbocycles. The summed E-state index contributed by atoms with van der Waals surface area (Å²) in [5.41, 5.74) is 6.13. The van der Waals surface area contributed by atoms with Crippen molar-refractivity contribution in [1.82, 2.24) is 25.5 Å². The van der Waals surface area contributed by atoms with E-state index in [2.05, 4.69) is 25.5 Å². The van der Waals surface area contributed by atoms with Crippen LogP contribution in [0.5, 0.6) is 0 Å². The highest BCUT2D eigenvalue weighted by atomic mass is 35.5. The average Bonchev–Trinajstić information content (AvgIpc) is 2.82. The molecule has 7 nitrogen and oxygen atoms in total. The zero-order valence-electron chi connectivity index (χ0n) is 8.64. The second-order valence-corrected chi connectivity index (χ2v) is 3.58. The molecule has 2 rings (SSSR count). The third-order valence-electron chi connectivity index (χ3n) is 1.99. The van der Waals surface area contributed by atoms with Crippen molar-refractivity contribution in [2.75, 3.05) is 5.73 Å². The van der Waals surface area contributed by atoms with Gasteiger partial charge in [0.15, 0.2) is 0 Å². The van der Waals surface area contributed by atoms with Gasteiger partial charge in [0.05, 0.1) is 24.0 Å². The number of amides is 1. The summed E-state index contributed by atoms with van der Waals surface area (Å²) in [6.45, 7) is 0.226. The van der Waals surface area contributed by atoms with Crippen molar-refractivity contribution in [3.05, 3.63) is 35.1 Å². The number of nitrogens with two attached hydrogens (primary N) is 1. The number of nitrogens with one attached hydrogen (secondary N) is 2. The summed E-state index contributed by atoms with van der Waals surface area (Å²) < 4.78 is 0. The number of carbonyl (C=O) groups excluding carboxylic acids is 1. The van der Waals surface area contributed by atoms with Crippen LogP contribution < -0.4 is 11.1 Å². The van der Waals surface area contributed by atoms with Crippen molar-refractivity contribution < 1.29 is 4.79 Å². The minimum Gasteiger partial charge on any atom is -0.397 e. The molecule has 17 heavy (non-hydrogen) atoms. The van der Waals surface area contributed by atoms with Gasteiger partial charge in [-0.05, 0) is 6.07 Å². The monoisotopic (exact) mass is 252 g/mol. The van der Waals surface area contributed by atoms with Gasteiger partial charge in [0, 0.05) is 0 Å². The molecule has 2 aromatic rings. The zero-order chi connectivity index (χ0) is 12.3. The van der Waals surface area contributed by atoms with Crippen LogP contribution in [0.15, 0.2) is 18.6 Å². The Bertz CT molecular complexity index is 526. The molecular weight excluding hydrogens is 244 g/mol. The fourth-order valence-corrected chi connectivity index (χ4v) is 1.39. The van der Waals surface area contributed by atoms with Gasteiger partial charge < -0.3 is 11.1 Å². The van der Waals surface area contributed by atoms with Crippen LogP contribution in [0.2, 0.25) is 5.15 Å². The van der Waals surface area contributed by atoms with Crippen molar-refractivity contribution in [3.63, 3.8) is 0 Å². The lowest BCUT2D eigenvalue weighted by Crippen LogP contribution is -2.24. The van der Waals surface area contributed by atoms with Crippen molar-refractivity contribution in [2.24, 2.45) is 0 Å². The molecule has 88 valence electrons. The second kappa shape index (κ2) is 4.79. The van der Waals surface area contributed by atoms with Crippen LogP contribution in [0.25, 0.3) is 0 Å². The Kier molecular flexibility index (Phi) is 3.20. The number of hydrogen-bond acceptors (Lipinski definition) is 5. The molecule has 8 heteroatoms. The number of hydrogen-bond donors (Lipinski definition) is 3. The van der Waals surface area contributed by atoms with Gasteiger partial charge >= 0.3 is 0 Å². The van der Waals surface area contributed by atoms with Gasteiger partial charge in [-0.1, -0.05) is 11.6 Å². The predicted molar refractivity (Wildman–Crippen MR) is 61.2 cm³/mol. The lowest BCUT2D eigenvalue weighted by molar-refractivity contribution is 0.0950. The quantitative estimate of drug-likeness (QED) is 0.684. The topological polar surface area (TPSA) is 110 Å².